The Morgan fingerprint density at radius 2 is 2.10 bits per heavy atom. The van der Waals surface area contributed by atoms with E-state index in [0.717, 1.165) is 16.0 Å². The van der Waals surface area contributed by atoms with Crippen LogP contribution in [-0.4, -0.2) is 79.7 Å². The molecule has 13 heteroatoms. The highest BCUT2D eigenvalue weighted by Gasteiger charge is 2.33. The number of hydrogen-bond acceptors (Lipinski definition) is 7. The number of hydrogen-bond donors (Lipinski definition) is 2. The molecule has 1 fully saturated rings. The van der Waals surface area contributed by atoms with Gasteiger partial charge < -0.3 is 20.1 Å². The summed E-state index contributed by atoms with van der Waals surface area (Å²) in [4.78, 5) is 36.9. The number of carbonyl (C=O) groups excluding carboxylic acids is 3. The Bertz CT molecular complexity index is 868. The SMILES string of the molecule is O=C(NC[C@H]1CN(c2ccc(N3C=NN(C(=O)CO)CC3)c(F)c2)C(=O)O1)C(F)F. The maximum Gasteiger partial charge on any atom is 0.414 e. The van der Waals surface area contributed by atoms with Crippen molar-refractivity contribution in [2.24, 2.45) is 5.10 Å². The van der Waals surface area contributed by atoms with Crippen molar-refractivity contribution >= 4 is 35.6 Å². The molecule has 1 atom stereocenters. The van der Waals surface area contributed by atoms with Crippen LogP contribution in [-0.2, 0) is 14.3 Å². The molecule has 0 unspecified atom stereocenters. The van der Waals surface area contributed by atoms with Gasteiger partial charge in [-0.1, -0.05) is 0 Å². The zero-order valence-electron chi connectivity index (χ0n) is 15.5. The second-order valence-corrected chi connectivity index (χ2v) is 6.40. The Kier molecular flexibility index (Phi) is 6.40. The first-order chi connectivity index (χ1) is 14.3. The molecule has 3 amide bonds. The summed E-state index contributed by atoms with van der Waals surface area (Å²) in [6, 6.07) is 3.99. The minimum absolute atomic E-state index is 0.0510. The fraction of sp³-hybridized carbons (Fsp3) is 0.412. The third kappa shape index (κ3) is 4.62. The number of ether oxygens (including phenoxy) is 1. The molecule has 10 nitrogen and oxygen atoms in total. The van der Waals surface area contributed by atoms with Crippen molar-refractivity contribution in [3.8, 4) is 0 Å². The first-order valence-electron chi connectivity index (χ1n) is 8.85. The number of anilines is 2. The van der Waals surface area contributed by atoms with E-state index >= 15 is 0 Å². The molecule has 2 heterocycles. The van der Waals surface area contributed by atoms with Gasteiger partial charge in [-0.25, -0.2) is 14.2 Å². The van der Waals surface area contributed by atoms with Crippen molar-refractivity contribution < 1.29 is 37.4 Å². The molecule has 0 aliphatic carbocycles. The molecule has 30 heavy (non-hydrogen) atoms. The minimum Gasteiger partial charge on any atom is -0.442 e. The Balaban J connectivity index is 1.65. The first kappa shape index (κ1) is 21.4. The Morgan fingerprint density at radius 3 is 2.70 bits per heavy atom. The van der Waals surface area contributed by atoms with Gasteiger partial charge in [-0.15, -0.1) is 0 Å². The third-order valence-corrected chi connectivity index (χ3v) is 4.43. The molecular weight excluding hydrogens is 411 g/mol. The third-order valence-electron chi connectivity index (χ3n) is 4.43. The van der Waals surface area contributed by atoms with Crippen LogP contribution in [0.15, 0.2) is 23.3 Å². The van der Waals surface area contributed by atoms with E-state index in [-0.39, 0.29) is 37.6 Å². The van der Waals surface area contributed by atoms with E-state index in [0.29, 0.717) is 0 Å². The van der Waals surface area contributed by atoms with Gasteiger partial charge in [0, 0.05) is 6.54 Å². The molecule has 3 rings (SSSR count). The lowest BCUT2D eigenvalue weighted by Gasteiger charge is -2.28. The molecule has 0 aromatic heterocycles. The van der Waals surface area contributed by atoms with Crippen LogP contribution in [0.4, 0.5) is 29.3 Å². The number of nitrogens with one attached hydrogen (secondary N) is 1. The smallest absolute Gasteiger partial charge is 0.414 e. The van der Waals surface area contributed by atoms with Crippen LogP contribution in [0.25, 0.3) is 0 Å². The van der Waals surface area contributed by atoms with Gasteiger partial charge in [0.15, 0.2) is 0 Å². The maximum absolute atomic E-state index is 14.6. The van der Waals surface area contributed by atoms with Crippen molar-refractivity contribution in [2.45, 2.75) is 12.5 Å². The molecule has 0 saturated carbocycles. The number of hydrazone groups is 1. The summed E-state index contributed by atoms with van der Waals surface area (Å²) in [6.07, 6.45) is -3.57. The summed E-state index contributed by atoms with van der Waals surface area (Å²) in [6.45, 7) is -0.631. The van der Waals surface area contributed by atoms with Gasteiger partial charge in [0.2, 0.25) is 0 Å². The fourth-order valence-corrected chi connectivity index (χ4v) is 2.92. The monoisotopic (exact) mass is 429 g/mol. The quantitative estimate of drug-likeness (QED) is 0.664. The van der Waals surface area contributed by atoms with Crippen molar-refractivity contribution in [1.82, 2.24) is 10.3 Å². The molecule has 2 aliphatic rings. The predicted molar refractivity (Wildman–Crippen MR) is 97.7 cm³/mol. The highest BCUT2D eigenvalue weighted by Crippen LogP contribution is 2.28. The van der Waals surface area contributed by atoms with Crippen LogP contribution < -0.4 is 15.1 Å². The minimum atomic E-state index is -3.17. The van der Waals surface area contributed by atoms with E-state index < -0.39 is 42.9 Å². The van der Waals surface area contributed by atoms with E-state index in [1.54, 1.807) is 0 Å². The van der Waals surface area contributed by atoms with Crippen LogP contribution in [0, 0.1) is 5.82 Å². The Morgan fingerprint density at radius 1 is 1.33 bits per heavy atom. The van der Waals surface area contributed by atoms with E-state index in [9.17, 15) is 27.6 Å². The summed E-state index contributed by atoms with van der Waals surface area (Å²) in [5.74, 6) is -2.71. The number of amides is 3. The number of alkyl halides is 2. The highest BCUT2D eigenvalue weighted by molar-refractivity contribution is 5.91. The standard InChI is InChI=1S/C17H18F3N5O5/c18-12-5-10(24-7-11(30-17(24)29)6-21-16(28)15(19)20)1-2-13(12)23-3-4-25(22-9-23)14(27)8-26/h1-2,5,9,11,15,26H,3-4,6-8H2,(H,21,28)/t11-/m0/s1. The van der Waals surface area contributed by atoms with Gasteiger partial charge in [-0.05, 0) is 18.2 Å². The number of rotatable bonds is 6. The summed E-state index contributed by atoms with van der Waals surface area (Å²) in [5, 5.41) is 15.7. The normalized spacial score (nSPS) is 18.8. The second-order valence-electron chi connectivity index (χ2n) is 6.40. The number of halogens is 3. The maximum atomic E-state index is 14.6. The molecule has 2 N–H and O–H groups in total. The number of carbonyl (C=O) groups is 3. The van der Waals surface area contributed by atoms with Crippen molar-refractivity contribution in [2.75, 3.05) is 42.6 Å². The second kappa shape index (κ2) is 8.98. The Hall–Kier alpha value is -3.35. The molecule has 2 aliphatic heterocycles. The molecule has 1 aromatic rings. The summed E-state index contributed by atoms with van der Waals surface area (Å²) in [7, 11) is 0. The van der Waals surface area contributed by atoms with Crippen LogP contribution in [0.3, 0.4) is 0 Å². The topological polar surface area (TPSA) is 115 Å². The summed E-state index contributed by atoms with van der Waals surface area (Å²) in [5.41, 5.74) is 0.349. The lowest BCUT2D eigenvalue weighted by molar-refractivity contribution is -0.134. The van der Waals surface area contributed by atoms with E-state index in [1.807, 2.05) is 5.32 Å². The largest absolute Gasteiger partial charge is 0.442 e. The number of cyclic esters (lactones) is 1. The predicted octanol–water partition coefficient (Wildman–Crippen LogP) is 0.116. The van der Waals surface area contributed by atoms with Gasteiger partial charge in [-0.3, -0.25) is 14.5 Å². The van der Waals surface area contributed by atoms with E-state index in [1.165, 1.54) is 23.4 Å². The number of nitrogens with zero attached hydrogens (tertiary/aromatic N) is 4. The number of benzene rings is 1. The Labute approximate surface area is 168 Å². The summed E-state index contributed by atoms with van der Waals surface area (Å²) >= 11 is 0. The van der Waals surface area contributed by atoms with E-state index in [4.69, 9.17) is 9.84 Å². The molecular formula is C17H18F3N5O5. The lowest BCUT2D eigenvalue weighted by Crippen LogP contribution is -2.42. The van der Waals surface area contributed by atoms with Crippen LogP contribution in [0.1, 0.15) is 0 Å². The first-order valence-corrected chi connectivity index (χ1v) is 8.85. The fourth-order valence-electron chi connectivity index (χ4n) is 2.92. The van der Waals surface area contributed by atoms with E-state index in [2.05, 4.69) is 5.10 Å². The van der Waals surface area contributed by atoms with Gasteiger partial charge in [-0.2, -0.15) is 13.9 Å². The van der Waals surface area contributed by atoms with Crippen molar-refractivity contribution in [1.29, 1.82) is 0 Å². The highest BCUT2D eigenvalue weighted by atomic mass is 19.3. The molecule has 1 saturated heterocycles. The molecule has 1 aromatic carbocycles. The zero-order valence-corrected chi connectivity index (χ0v) is 15.5. The van der Waals surface area contributed by atoms with Crippen molar-refractivity contribution in [3.05, 3.63) is 24.0 Å². The number of aliphatic hydroxyl groups excluding tert-OH is 1. The van der Waals surface area contributed by atoms with Gasteiger partial charge >= 0.3 is 12.5 Å². The average Bonchev–Trinajstić information content (AvgIpc) is 3.12. The van der Waals surface area contributed by atoms with Crippen LogP contribution in [0.2, 0.25) is 0 Å². The van der Waals surface area contributed by atoms with Crippen molar-refractivity contribution in [3.63, 3.8) is 0 Å². The van der Waals surface area contributed by atoms with Gasteiger partial charge in [0.05, 0.1) is 31.0 Å². The number of aliphatic hydroxyl groups is 1. The van der Waals surface area contributed by atoms with Crippen LogP contribution >= 0.6 is 0 Å². The molecule has 0 bridgehead atoms. The van der Waals surface area contributed by atoms with Gasteiger partial charge in [0.25, 0.3) is 11.8 Å². The van der Waals surface area contributed by atoms with Gasteiger partial charge in [0.1, 0.15) is 24.9 Å². The zero-order chi connectivity index (χ0) is 21.8. The average molecular weight is 429 g/mol. The molecule has 162 valence electrons. The molecule has 0 radical (unpaired) electrons. The molecule has 0 spiro atoms. The van der Waals surface area contributed by atoms with Crippen LogP contribution in [0.5, 0.6) is 0 Å². The lowest BCUT2D eigenvalue weighted by atomic mass is 10.2. The summed E-state index contributed by atoms with van der Waals surface area (Å²) < 4.78 is 44.1.